The zero-order valence-electron chi connectivity index (χ0n) is 18.7. The van der Waals surface area contributed by atoms with E-state index in [4.69, 9.17) is 18.9 Å². The van der Waals surface area contributed by atoms with Gasteiger partial charge in [0.05, 0.1) is 32.2 Å². The Kier molecular flexibility index (Phi) is 7.02. The van der Waals surface area contributed by atoms with Crippen molar-refractivity contribution < 1.29 is 32.2 Å². The molecule has 2 aromatic rings. The van der Waals surface area contributed by atoms with Crippen molar-refractivity contribution in [3.8, 4) is 23.0 Å². The molecule has 9 nitrogen and oxygen atoms in total. The number of amides is 1. The van der Waals surface area contributed by atoms with Crippen molar-refractivity contribution in [1.82, 2.24) is 5.32 Å². The van der Waals surface area contributed by atoms with Crippen LogP contribution in [0, 0.1) is 0 Å². The Morgan fingerprint density at radius 2 is 1.66 bits per heavy atom. The second-order valence-electron chi connectivity index (χ2n) is 7.41. The average molecular weight is 465 g/mol. The van der Waals surface area contributed by atoms with Crippen LogP contribution in [-0.4, -0.2) is 54.1 Å². The number of nitrogens with zero attached hydrogens (tertiary/aromatic N) is 1. The van der Waals surface area contributed by atoms with Crippen LogP contribution in [0.4, 0.5) is 5.69 Å². The fraction of sp³-hybridized carbons (Fsp3) is 0.409. The van der Waals surface area contributed by atoms with Gasteiger partial charge in [-0.05, 0) is 43.7 Å². The molecule has 174 valence electrons. The normalized spacial score (nSPS) is 14.8. The fourth-order valence-electron chi connectivity index (χ4n) is 3.52. The van der Waals surface area contributed by atoms with E-state index in [1.54, 1.807) is 44.4 Å². The van der Waals surface area contributed by atoms with E-state index >= 15 is 0 Å². The molecule has 0 saturated carbocycles. The smallest absolute Gasteiger partial charge is 0.244 e. The lowest BCUT2D eigenvalue weighted by molar-refractivity contribution is -0.122. The number of hydrogen-bond donors (Lipinski definition) is 1. The lowest BCUT2D eigenvalue weighted by Gasteiger charge is -2.30. The van der Waals surface area contributed by atoms with Gasteiger partial charge in [0.2, 0.25) is 15.9 Å². The minimum absolute atomic E-state index is 0.318. The number of sulfonamides is 1. The third-order valence-corrected chi connectivity index (χ3v) is 6.38. The summed E-state index contributed by atoms with van der Waals surface area (Å²) in [6.07, 6.45) is 1.06. The van der Waals surface area contributed by atoms with Crippen LogP contribution in [0.25, 0.3) is 0 Å². The average Bonchev–Trinajstić information content (AvgIpc) is 2.77. The van der Waals surface area contributed by atoms with Crippen LogP contribution < -0.4 is 28.6 Å². The first-order chi connectivity index (χ1) is 15.2. The minimum Gasteiger partial charge on any atom is -0.493 e. The van der Waals surface area contributed by atoms with Crippen LogP contribution in [0.1, 0.15) is 25.5 Å². The summed E-state index contributed by atoms with van der Waals surface area (Å²) in [5.74, 6) is 1.63. The summed E-state index contributed by atoms with van der Waals surface area (Å²) in [6.45, 7) is 4.14. The summed E-state index contributed by atoms with van der Waals surface area (Å²) in [5, 5.41) is 2.87. The van der Waals surface area contributed by atoms with Gasteiger partial charge in [-0.3, -0.25) is 9.10 Å². The molecule has 32 heavy (non-hydrogen) atoms. The summed E-state index contributed by atoms with van der Waals surface area (Å²) in [7, 11) is -0.694. The largest absolute Gasteiger partial charge is 0.493 e. The molecule has 1 heterocycles. The van der Waals surface area contributed by atoms with E-state index in [1.165, 1.54) is 14.0 Å². The Balaban J connectivity index is 1.83. The van der Waals surface area contributed by atoms with Crippen molar-refractivity contribution in [1.29, 1.82) is 0 Å². The molecule has 0 spiro atoms. The third kappa shape index (κ3) is 5.01. The highest BCUT2D eigenvalue weighted by atomic mass is 32.2. The van der Waals surface area contributed by atoms with Crippen molar-refractivity contribution in [3.05, 3.63) is 42.0 Å². The first-order valence-corrected chi connectivity index (χ1v) is 11.9. The van der Waals surface area contributed by atoms with Gasteiger partial charge in [-0.1, -0.05) is 6.07 Å². The van der Waals surface area contributed by atoms with Gasteiger partial charge in [0.15, 0.2) is 23.0 Å². The molecule has 3 rings (SSSR count). The van der Waals surface area contributed by atoms with Crippen LogP contribution in [-0.2, 0) is 14.8 Å². The number of methoxy groups -OCH3 is 2. The molecule has 0 unspecified atom stereocenters. The van der Waals surface area contributed by atoms with Crippen molar-refractivity contribution in [2.45, 2.75) is 25.9 Å². The molecule has 0 bridgehead atoms. The third-order valence-electron chi connectivity index (χ3n) is 5.14. The lowest BCUT2D eigenvalue weighted by atomic mass is 10.1. The predicted molar refractivity (Wildman–Crippen MR) is 120 cm³/mol. The molecule has 1 N–H and O–H groups in total. The van der Waals surface area contributed by atoms with Crippen molar-refractivity contribution in [2.75, 3.05) is 38.0 Å². The van der Waals surface area contributed by atoms with Gasteiger partial charge in [0, 0.05) is 6.07 Å². The maximum absolute atomic E-state index is 13.0. The number of carbonyl (C=O) groups is 1. The number of nitrogens with one attached hydrogen (secondary N) is 1. The molecule has 10 heteroatoms. The molecule has 0 aliphatic carbocycles. The highest BCUT2D eigenvalue weighted by molar-refractivity contribution is 7.92. The second-order valence-corrected chi connectivity index (χ2v) is 9.27. The molecule has 0 aromatic heterocycles. The van der Waals surface area contributed by atoms with Crippen LogP contribution >= 0.6 is 0 Å². The van der Waals surface area contributed by atoms with Gasteiger partial charge < -0.3 is 24.3 Å². The number of ether oxygens (including phenoxy) is 4. The van der Waals surface area contributed by atoms with E-state index in [1.807, 2.05) is 6.07 Å². The van der Waals surface area contributed by atoms with Crippen LogP contribution in [0.3, 0.4) is 0 Å². The zero-order valence-corrected chi connectivity index (χ0v) is 19.6. The van der Waals surface area contributed by atoms with Gasteiger partial charge in [0.25, 0.3) is 0 Å². The maximum Gasteiger partial charge on any atom is 0.244 e. The highest BCUT2D eigenvalue weighted by Gasteiger charge is 2.31. The van der Waals surface area contributed by atoms with Crippen molar-refractivity contribution >= 4 is 21.6 Å². The summed E-state index contributed by atoms with van der Waals surface area (Å²) >= 11 is 0. The van der Waals surface area contributed by atoms with Gasteiger partial charge in [-0.2, -0.15) is 0 Å². The standard InChI is InChI=1S/C22H28N2O7S/c1-14(16-6-8-18(28-3)20(12-16)29-4)23-22(25)15(2)24(32(5,26)27)17-7-9-19-21(13-17)31-11-10-30-19/h6-9,12-15H,10-11H2,1-5H3,(H,23,25)/t14-,15+/m0/s1. The van der Waals surface area contributed by atoms with E-state index in [-0.39, 0.29) is 0 Å². The van der Waals surface area contributed by atoms with Crippen molar-refractivity contribution in [2.24, 2.45) is 0 Å². The van der Waals surface area contributed by atoms with E-state index in [9.17, 15) is 13.2 Å². The van der Waals surface area contributed by atoms with Crippen LogP contribution in [0.15, 0.2) is 36.4 Å². The minimum atomic E-state index is -3.77. The van der Waals surface area contributed by atoms with Gasteiger partial charge in [0.1, 0.15) is 19.3 Å². The SMILES string of the molecule is COc1ccc([C@H](C)NC(=O)[C@@H](C)N(c2ccc3c(c2)OCCO3)S(C)(=O)=O)cc1OC. The molecular weight excluding hydrogens is 436 g/mol. The molecular formula is C22H28N2O7S. The Bertz CT molecular complexity index is 1090. The van der Waals surface area contributed by atoms with Gasteiger partial charge in [-0.25, -0.2) is 8.42 Å². The van der Waals surface area contributed by atoms with E-state index in [0.717, 1.165) is 16.1 Å². The van der Waals surface area contributed by atoms with Crippen molar-refractivity contribution in [3.63, 3.8) is 0 Å². The van der Waals surface area contributed by atoms with E-state index in [2.05, 4.69) is 5.32 Å². The molecule has 1 amide bonds. The Morgan fingerprint density at radius 3 is 2.28 bits per heavy atom. The summed E-state index contributed by atoms with van der Waals surface area (Å²) in [5.41, 5.74) is 1.10. The molecule has 2 aromatic carbocycles. The van der Waals surface area contributed by atoms with Gasteiger partial charge >= 0.3 is 0 Å². The fourth-order valence-corrected chi connectivity index (χ4v) is 4.68. The first kappa shape index (κ1) is 23.5. The maximum atomic E-state index is 13.0. The summed E-state index contributed by atoms with van der Waals surface area (Å²) < 4.78 is 47.9. The monoisotopic (exact) mass is 464 g/mol. The number of anilines is 1. The zero-order chi connectivity index (χ0) is 23.5. The summed E-state index contributed by atoms with van der Waals surface area (Å²) in [6, 6.07) is 8.72. The number of rotatable bonds is 8. The number of benzene rings is 2. The summed E-state index contributed by atoms with van der Waals surface area (Å²) in [4.78, 5) is 13.0. The number of fused-ring (bicyclic) bond motifs is 1. The Hall–Kier alpha value is -3.14. The second kappa shape index (κ2) is 9.56. The molecule has 0 saturated heterocycles. The Morgan fingerprint density at radius 1 is 1.00 bits per heavy atom. The van der Waals surface area contributed by atoms with E-state index < -0.39 is 28.0 Å². The molecule has 0 fully saturated rings. The lowest BCUT2D eigenvalue weighted by Crippen LogP contribution is -2.48. The molecule has 2 atom stereocenters. The van der Waals surface area contributed by atoms with Crippen LogP contribution in [0.5, 0.6) is 23.0 Å². The number of hydrogen-bond acceptors (Lipinski definition) is 7. The van der Waals surface area contributed by atoms with Gasteiger partial charge in [-0.15, -0.1) is 0 Å². The molecule has 1 aliphatic heterocycles. The Labute approximate surface area is 188 Å². The highest BCUT2D eigenvalue weighted by Crippen LogP contribution is 2.35. The predicted octanol–water partition coefficient (Wildman–Crippen LogP) is 2.51. The first-order valence-electron chi connectivity index (χ1n) is 10.1. The molecule has 1 aliphatic rings. The number of carbonyl (C=O) groups excluding carboxylic acids is 1. The molecule has 0 radical (unpaired) electrons. The van der Waals surface area contributed by atoms with E-state index in [0.29, 0.717) is 41.9 Å². The topological polar surface area (TPSA) is 103 Å². The van der Waals surface area contributed by atoms with Crippen LogP contribution in [0.2, 0.25) is 0 Å². The quantitative estimate of drug-likeness (QED) is 0.640.